The Labute approximate surface area is 123 Å². The zero-order valence-corrected chi connectivity index (χ0v) is 12.3. The van der Waals surface area contributed by atoms with E-state index in [-0.39, 0.29) is 23.3 Å². The van der Waals surface area contributed by atoms with Crippen molar-refractivity contribution in [2.45, 2.75) is 6.42 Å². The minimum atomic E-state index is -2.91. The second-order valence-corrected chi connectivity index (χ2v) is 7.57. The van der Waals surface area contributed by atoms with Crippen molar-refractivity contribution >= 4 is 15.7 Å². The number of nitrogens with one attached hydrogen (secondary N) is 1. The van der Waals surface area contributed by atoms with Crippen molar-refractivity contribution < 1.29 is 22.7 Å². The van der Waals surface area contributed by atoms with Gasteiger partial charge in [-0.3, -0.25) is 4.79 Å². The van der Waals surface area contributed by atoms with Crippen molar-refractivity contribution in [1.29, 1.82) is 0 Å². The second-order valence-electron chi connectivity index (χ2n) is 5.34. The molecule has 1 amide bonds. The average molecular weight is 311 g/mol. The van der Waals surface area contributed by atoms with Crippen LogP contribution < -0.4 is 14.8 Å². The van der Waals surface area contributed by atoms with E-state index < -0.39 is 9.84 Å². The van der Waals surface area contributed by atoms with Crippen LogP contribution in [0.5, 0.6) is 11.5 Å². The number of fused-ring (bicyclic) bond motifs is 1. The number of hydrogen-bond donors (Lipinski definition) is 1. The molecule has 21 heavy (non-hydrogen) atoms. The summed E-state index contributed by atoms with van der Waals surface area (Å²) in [6, 6.07) is 5.03. The molecule has 0 unspecified atom stereocenters. The van der Waals surface area contributed by atoms with Crippen molar-refractivity contribution in [3.8, 4) is 11.5 Å². The van der Waals surface area contributed by atoms with Gasteiger partial charge in [-0.2, -0.15) is 0 Å². The summed E-state index contributed by atoms with van der Waals surface area (Å²) in [6.45, 7) is 1.36. The van der Waals surface area contributed by atoms with Crippen LogP contribution in [0.4, 0.5) is 0 Å². The van der Waals surface area contributed by atoms with Crippen molar-refractivity contribution in [2.75, 3.05) is 31.3 Å². The monoisotopic (exact) mass is 311 g/mol. The van der Waals surface area contributed by atoms with E-state index in [2.05, 4.69) is 5.32 Å². The zero-order chi connectivity index (χ0) is 14.9. The highest BCUT2D eigenvalue weighted by molar-refractivity contribution is 7.91. The third-order valence-corrected chi connectivity index (χ3v) is 5.52. The molecule has 1 aromatic carbocycles. The van der Waals surface area contributed by atoms with Gasteiger partial charge in [0.1, 0.15) is 13.2 Å². The molecule has 0 radical (unpaired) electrons. The lowest BCUT2D eigenvalue weighted by Crippen LogP contribution is -2.30. The lowest BCUT2D eigenvalue weighted by molar-refractivity contribution is 0.0947. The first-order valence-corrected chi connectivity index (χ1v) is 8.74. The highest BCUT2D eigenvalue weighted by atomic mass is 32.2. The van der Waals surface area contributed by atoms with Crippen molar-refractivity contribution in [3.63, 3.8) is 0 Å². The molecule has 0 aliphatic carbocycles. The standard InChI is InChI=1S/C14H17NO5S/c16-14(15-8-10-3-6-21(17,18)9-10)11-1-2-12-13(7-11)20-5-4-19-12/h1-2,7,10H,3-6,8-9H2,(H,15,16)/t10-/m0/s1. The Bertz CT molecular complexity index is 655. The predicted octanol–water partition coefficient (Wildman–Crippen LogP) is 0.622. The number of carbonyl (C=O) groups excluding carboxylic acids is 1. The molecule has 2 aliphatic heterocycles. The van der Waals surface area contributed by atoms with Gasteiger partial charge < -0.3 is 14.8 Å². The van der Waals surface area contributed by atoms with E-state index >= 15 is 0 Å². The van der Waals surface area contributed by atoms with Gasteiger partial charge >= 0.3 is 0 Å². The largest absolute Gasteiger partial charge is 0.486 e. The van der Waals surface area contributed by atoms with E-state index in [1.54, 1.807) is 18.2 Å². The summed E-state index contributed by atoms with van der Waals surface area (Å²) in [7, 11) is -2.91. The fourth-order valence-corrected chi connectivity index (χ4v) is 4.42. The molecule has 1 fully saturated rings. The van der Waals surface area contributed by atoms with E-state index in [0.717, 1.165) is 0 Å². The molecular weight excluding hydrogens is 294 g/mol. The van der Waals surface area contributed by atoms with E-state index in [0.29, 0.717) is 43.2 Å². The maximum Gasteiger partial charge on any atom is 0.251 e. The van der Waals surface area contributed by atoms with Gasteiger partial charge in [-0.05, 0) is 30.5 Å². The Morgan fingerprint density at radius 3 is 2.71 bits per heavy atom. The van der Waals surface area contributed by atoms with Crippen LogP contribution in [-0.2, 0) is 9.84 Å². The summed E-state index contributed by atoms with van der Waals surface area (Å²) < 4.78 is 33.6. The lowest BCUT2D eigenvalue weighted by atomic mass is 10.1. The summed E-state index contributed by atoms with van der Waals surface area (Å²) in [6.07, 6.45) is 0.615. The number of benzene rings is 1. The smallest absolute Gasteiger partial charge is 0.251 e. The molecule has 1 N–H and O–H groups in total. The van der Waals surface area contributed by atoms with Crippen molar-refractivity contribution in [1.82, 2.24) is 5.32 Å². The molecule has 1 saturated heterocycles. The molecule has 2 heterocycles. The maximum atomic E-state index is 12.1. The summed E-state index contributed by atoms with van der Waals surface area (Å²) in [4.78, 5) is 12.1. The van der Waals surface area contributed by atoms with Gasteiger partial charge in [0.05, 0.1) is 11.5 Å². The molecule has 0 spiro atoms. The average Bonchev–Trinajstić information content (AvgIpc) is 2.83. The fraction of sp³-hybridized carbons (Fsp3) is 0.500. The second kappa shape index (κ2) is 5.55. The minimum absolute atomic E-state index is 0.0103. The summed E-state index contributed by atoms with van der Waals surface area (Å²) in [5.41, 5.74) is 0.486. The zero-order valence-electron chi connectivity index (χ0n) is 11.5. The Morgan fingerprint density at radius 1 is 1.24 bits per heavy atom. The highest BCUT2D eigenvalue weighted by Gasteiger charge is 2.28. The maximum absolute atomic E-state index is 12.1. The van der Waals surface area contributed by atoms with Crippen LogP contribution in [0.2, 0.25) is 0 Å². The molecule has 0 bridgehead atoms. The van der Waals surface area contributed by atoms with Gasteiger partial charge in [0.15, 0.2) is 21.3 Å². The molecular formula is C14H17NO5S. The van der Waals surface area contributed by atoms with E-state index in [1.165, 1.54) is 0 Å². The molecule has 7 heteroatoms. The molecule has 1 atom stereocenters. The third-order valence-electron chi connectivity index (χ3n) is 3.68. The number of amides is 1. The van der Waals surface area contributed by atoms with Crippen molar-refractivity contribution in [3.05, 3.63) is 23.8 Å². The van der Waals surface area contributed by atoms with Gasteiger partial charge in [0.2, 0.25) is 0 Å². The highest BCUT2D eigenvalue weighted by Crippen LogP contribution is 2.30. The van der Waals surface area contributed by atoms with Crippen LogP contribution in [-0.4, -0.2) is 45.6 Å². The predicted molar refractivity (Wildman–Crippen MR) is 76.5 cm³/mol. The number of hydrogen-bond acceptors (Lipinski definition) is 5. The number of rotatable bonds is 3. The van der Waals surface area contributed by atoms with E-state index in [9.17, 15) is 13.2 Å². The molecule has 2 aliphatic rings. The van der Waals surface area contributed by atoms with E-state index in [1.807, 2.05) is 0 Å². The number of sulfone groups is 1. The first-order valence-electron chi connectivity index (χ1n) is 6.92. The molecule has 6 nitrogen and oxygen atoms in total. The van der Waals surface area contributed by atoms with E-state index in [4.69, 9.17) is 9.47 Å². The Hall–Kier alpha value is -1.76. The summed E-state index contributed by atoms with van der Waals surface area (Å²) in [5.74, 6) is 1.37. The normalized spacial score (nSPS) is 22.8. The SMILES string of the molecule is O=C(NC[C@@H]1CCS(=O)(=O)C1)c1ccc2c(c1)OCCO2. The van der Waals surface area contributed by atoms with Gasteiger partial charge in [-0.15, -0.1) is 0 Å². The first-order chi connectivity index (χ1) is 10.0. The minimum Gasteiger partial charge on any atom is -0.486 e. The molecule has 3 rings (SSSR count). The topological polar surface area (TPSA) is 81.7 Å². The molecule has 0 aromatic heterocycles. The summed E-state index contributed by atoms with van der Waals surface area (Å²) >= 11 is 0. The Morgan fingerprint density at radius 2 is 2.00 bits per heavy atom. The number of carbonyl (C=O) groups is 1. The van der Waals surface area contributed by atoms with Crippen LogP contribution in [0.1, 0.15) is 16.8 Å². The Balaban J connectivity index is 1.61. The van der Waals surface area contributed by atoms with Crippen LogP contribution >= 0.6 is 0 Å². The lowest BCUT2D eigenvalue weighted by Gasteiger charge is -2.18. The Kier molecular flexibility index (Phi) is 3.75. The van der Waals surface area contributed by atoms with Crippen LogP contribution in [0.3, 0.4) is 0 Å². The van der Waals surface area contributed by atoms with Crippen molar-refractivity contribution in [2.24, 2.45) is 5.92 Å². The van der Waals surface area contributed by atoms with Crippen LogP contribution in [0.15, 0.2) is 18.2 Å². The first kappa shape index (κ1) is 14.2. The molecule has 0 saturated carbocycles. The van der Waals surface area contributed by atoms with Gasteiger partial charge in [0, 0.05) is 12.1 Å². The van der Waals surface area contributed by atoms with Gasteiger partial charge in [0.25, 0.3) is 5.91 Å². The van der Waals surface area contributed by atoms with Crippen LogP contribution in [0.25, 0.3) is 0 Å². The third kappa shape index (κ3) is 3.29. The molecule has 114 valence electrons. The molecule has 1 aromatic rings. The fourth-order valence-electron chi connectivity index (χ4n) is 2.56. The van der Waals surface area contributed by atoms with Gasteiger partial charge in [-0.1, -0.05) is 0 Å². The quantitative estimate of drug-likeness (QED) is 0.885. The summed E-state index contributed by atoms with van der Waals surface area (Å²) in [5, 5.41) is 2.79. The van der Waals surface area contributed by atoms with Crippen LogP contribution in [0, 0.1) is 5.92 Å². The number of ether oxygens (including phenoxy) is 2. The van der Waals surface area contributed by atoms with Gasteiger partial charge in [-0.25, -0.2) is 8.42 Å².